The van der Waals surface area contributed by atoms with Gasteiger partial charge in [0.1, 0.15) is 0 Å². The number of fused-ring (bicyclic) bond motifs is 16. The van der Waals surface area contributed by atoms with Crippen LogP contribution in [0.4, 0.5) is 17.1 Å². The molecule has 1 unspecified atom stereocenters. The molecule has 2 aliphatic rings. The number of thiophene rings is 1. The van der Waals surface area contributed by atoms with E-state index < -0.39 is 5.41 Å². The van der Waals surface area contributed by atoms with Gasteiger partial charge in [-0.2, -0.15) is 0 Å². The van der Waals surface area contributed by atoms with Gasteiger partial charge >= 0.3 is 0 Å². The molecule has 14 rings (SSSR count). The second-order valence-electron chi connectivity index (χ2n) is 18.0. The van der Waals surface area contributed by atoms with Gasteiger partial charge in [0.25, 0.3) is 0 Å². The molecule has 0 aliphatic heterocycles. The third-order valence-corrected chi connectivity index (χ3v) is 15.8. The number of anilines is 3. The van der Waals surface area contributed by atoms with E-state index in [4.69, 9.17) is 0 Å². The first-order valence-electron chi connectivity index (χ1n) is 22.9. The standard InChI is InChI=1S/C64H41NS/c1-40-32-37-50-49-23-9-11-27-54(49)64(57(50)38-40)55-28-12-10-24-51(55)61-56(64)29-15-30-58(61)65(45-35-33-43(34-36-45)47-25-13-20-41-18-5-7-21-46(41)47)59-31-14-26-52-60-48-22-8-6-19-44(48)39-53(63(60)66-62(52)59)42-16-3-2-4-17-42/h2-39H,1H3. The second-order valence-corrected chi connectivity index (χ2v) is 19.0. The summed E-state index contributed by atoms with van der Waals surface area (Å²) in [7, 11) is 0. The van der Waals surface area contributed by atoms with Crippen molar-refractivity contribution in [3.8, 4) is 44.5 Å². The summed E-state index contributed by atoms with van der Waals surface area (Å²) in [6, 6.07) is 86.3. The van der Waals surface area contributed by atoms with Crippen molar-refractivity contribution in [3.05, 3.63) is 258 Å². The molecule has 66 heavy (non-hydrogen) atoms. The largest absolute Gasteiger partial charge is 0.308 e. The smallest absolute Gasteiger partial charge is 0.0726 e. The predicted octanol–water partition coefficient (Wildman–Crippen LogP) is 17.8. The van der Waals surface area contributed by atoms with E-state index in [2.05, 4.69) is 242 Å². The highest BCUT2D eigenvalue weighted by Crippen LogP contribution is 2.65. The van der Waals surface area contributed by atoms with E-state index in [9.17, 15) is 0 Å². The van der Waals surface area contributed by atoms with Gasteiger partial charge in [-0.25, -0.2) is 0 Å². The molecule has 0 saturated heterocycles. The van der Waals surface area contributed by atoms with Gasteiger partial charge in [0.15, 0.2) is 0 Å². The van der Waals surface area contributed by atoms with Crippen LogP contribution in [0.3, 0.4) is 0 Å². The number of nitrogens with zero attached hydrogens (tertiary/aromatic N) is 1. The van der Waals surface area contributed by atoms with Crippen LogP contribution in [0.5, 0.6) is 0 Å². The number of hydrogen-bond acceptors (Lipinski definition) is 2. The molecule has 1 aromatic heterocycles. The van der Waals surface area contributed by atoms with Gasteiger partial charge < -0.3 is 4.90 Å². The SMILES string of the molecule is Cc1ccc2c(c1)C1(c3ccccc3-2)c2ccccc2-c2c(N(c3ccc(-c4cccc5ccccc45)cc3)c3cccc4c3sc3c(-c5ccccc5)cc5ccccc5c34)cccc21. The molecule has 11 aromatic carbocycles. The van der Waals surface area contributed by atoms with Crippen LogP contribution >= 0.6 is 11.3 Å². The fourth-order valence-electron chi connectivity index (χ4n) is 11.8. The van der Waals surface area contributed by atoms with Gasteiger partial charge in [0.2, 0.25) is 0 Å². The molecule has 2 heteroatoms. The van der Waals surface area contributed by atoms with Crippen LogP contribution in [0.2, 0.25) is 0 Å². The Morgan fingerprint density at radius 1 is 0.364 bits per heavy atom. The summed E-state index contributed by atoms with van der Waals surface area (Å²) in [4.78, 5) is 2.57. The summed E-state index contributed by atoms with van der Waals surface area (Å²) < 4.78 is 2.58. The molecule has 308 valence electrons. The van der Waals surface area contributed by atoms with Crippen LogP contribution in [0, 0.1) is 6.92 Å². The van der Waals surface area contributed by atoms with Crippen molar-refractivity contribution in [2.45, 2.75) is 12.3 Å². The van der Waals surface area contributed by atoms with Crippen LogP contribution in [-0.4, -0.2) is 0 Å². The fraction of sp³-hybridized carbons (Fsp3) is 0.0312. The molecule has 0 N–H and O–H groups in total. The first-order chi connectivity index (χ1) is 32.7. The Kier molecular flexibility index (Phi) is 8.05. The lowest BCUT2D eigenvalue weighted by atomic mass is 9.70. The Bertz CT molecular complexity index is 3950. The Hall–Kier alpha value is -8.04. The summed E-state index contributed by atoms with van der Waals surface area (Å²) in [5.74, 6) is 0. The summed E-state index contributed by atoms with van der Waals surface area (Å²) in [6.45, 7) is 2.23. The number of benzene rings is 11. The minimum Gasteiger partial charge on any atom is -0.308 e. The zero-order valence-corrected chi connectivity index (χ0v) is 37.1. The lowest BCUT2D eigenvalue weighted by Crippen LogP contribution is -2.26. The third kappa shape index (κ3) is 5.16. The summed E-state index contributed by atoms with van der Waals surface area (Å²) in [5.41, 5.74) is 19.8. The van der Waals surface area contributed by atoms with E-state index in [1.54, 1.807) is 0 Å². The van der Waals surface area contributed by atoms with Crippen molar-refractivity contribution in [3.63, 3.8) is 0 Å². The fourth-order valence-corrected chi connectivity index (χ4v) is 13.1. The van der Waals surface area contributed by atoms with Crippen LogP contribution in [0.25, 0.3) is 86.2 Å². The van der Waals surface area contributed by atoms with Crippen molar-refractivity contribution in [1.82, 2.24) is 0 Å². The topological polar surface area (TPSA) is 3.24 Å². The molecule has 2 aliphatic carbocycles. The van der Waals surface area contributed by atoms with E-state index in [-0.39, 0.29) is 0 Å². The van der Waals surface area contributed by atoms with Crippen LogP contribution in [-0.2, 0) is 5.41 Å². The van der Waals surface area contributed by atoms with Crippen LogP contribution in [0.1, 0.15) is 27.8 Å². The first-order valence-corrected chi connectivity index (χ1v) is 23.7. The van der Waals surface area contributed by atoms with E-state index in [1.165, 1.54) is 125 Å². The van der Waals surface area contributed by atoms with Crippen molar-refractivity contribution < 1.29 is 0 Å². The molecule has 1 nitrogen and oxygen atoms in total. The monoisotopic (exact) mass is 855 g/mol. The Morgan fingerprint density at radius 2 is 0.955 bits per heavy atom. The van der Waals surface area contributed by atoms with Crippen molar-refractivity contribution in [1.29, 1.82) is 0 Å². The van der Waals surface area contributed by atoms with Gasteiger partial charge in [0, 0.05) is 32.3 Å². The average Bonchev–Trinajstić information content (AvgIpc) is 4.02. The molecular formula is C64H41NS. The zero-order chi connectivity index (χ0) is 43.5. The second kappa shape index (κ2) is 14.2. The highest BCUT2D eigenvalue weighted by atomic mass is 32.1. The van der Waals surface area contributed by atoms with E-state index in [0.29, 0.717) is 0 Å². The number of hydrogen-bond donors (Lipinski definition) is 0. The quantitative estimate of drug-likeness (QED) is 0.167. The first kappa shape index (κ1) is 37.3. The molecule has 0 bridgehead atoms. The molecule has 1 spiro atoms. The van der Waals surface area contributed by atoms with Crippen LogP contribution < -0.4 is 4.90 Å². The molecule has 12 aromatic rings. The minimum absolute atomic E-state index is 0.461. The lowest BCUT2D eigenvalue weighted by molar-refractivity contribution is 0.792. The Labute approximate surface area is 388 Å². The van der Waals surface area contributed by atoms with Gasteiger partial charge in [-0.3, -0.25) is 0 Å². The predicted molar refractivity (Wildman–Crippen MR) is 281 cm³/mol. The van der Waals surface area contributed by atoms with E-state index in [1.807, 2.05) is 11.3 Å². The van der Waals surface area contributed by atoms with Gasteiger partial charge in [-0.15, -0.1) is 11.3 Å². The normalized spacial score (nSPS) is 14.5. The van der Waals surface area contributed by atoms with Crippen molar-refractivity contribution >= 4 is 70.1 Å². The number of aryl methyl sites for hydroxylation is 1. The molecule has 0 radical (unpaired) electrons. The summed E-state index contributed by atoms with van der Waals surface area (Å²) in [5, 5.41) is 7.64. The third-order valence-electron chi connectivity index (χ3n) is 14.5. The summed E-state index contributed by atoms with van der Waals surface area (Å²) >= 11 is 1.92. The molecular weight excluding hydrogens is 815 g/mol. The van der Waals surface area contributed by atoms with Gasteiger partial charge in [-0.05, 0) is 114 Å². The average molecular weight is 856 g/mol. The zero-order valence-electron chi connectivity index (χ0n) is 36.3. The van der Waals surface area contributed by atoms with Gasteiger partial charge in [0.05, 0.1) is 21.5 Å². The van der Waals surface area contributed by atoms with Gasteiger partial charge in [-0.1, -0.05) is 206 Å². The molecule has 1 heterocycles. The Morgan fingerprint density at radius 3 is 1.80 bits per heavy atom. The Balaban J connectivity index is 1.07. The minimum atomic E-state index is -0.461. The maximum atomic E-state index is 2.57. The van der Waals surface area contributed by atoms with Crippen molar-refractivity contribution in [2.75, 3.05) is 4.90 Å². The van der Waals surface area contributed by atoms with Crippen LogP contribution in [0.15, 0.2) is 231 Å². The molecule has 0 amide bonds. The van der Waals surface area contributed by atoms with Crippen molar-refractivity contribution in [2.24, 2.45) is 0 Å². The summed E-state index contributed by atoms with van der Waals surface area (Å²) in [6.07, 6.45) is 0. The van der Waals surface area contributed by atoms with E-state index in [0.717, 1.165) is 5.69 Å². The maximum Gasteiger partial charge on any atom is 0.0726 e. The maximum absolute atomic E-state index is 2.57. The molecule has 1 atom stereocenters. The lowest BCUT2D eigenvalue weighted by Gasteiger charge is -2.32. The highest BCUT2D eigenvalue weighted by molar-refractivity contribution is 7.27. The highest BCUT2D eigenvalue weighted by Gasteiger charge is 2.52. The number of rotatable bonds is 5. The molecule has 0 saturated carbocycles. The molecule has 0 fully saturated rings. The van der Waals surface area contributed by atoms with E-state index >= 15 is 0 Å².